The molecule has 2 unspecified atom stereocenters. The van der Waals surface area contributed by atoms with E-state index in [4.69, 9.17) is 0 Å². The van der Waals surface area contributed by atoms with Crippen molar-refractivity contribution in [1.29, 1.82) is 0 Å². The Hall–Kier alpha value is -1.54. The highest BCUT2D eigenvalue weighted by molar-refractivity contribution is 7.89. The Balaban J connectivity index is 2.44. The van der Waals surface area contributed by atoms with Crippen molar-refractivity contribution in [3.63, 3.8) is 0 Å². The Kier molecular flexibility index (Phi) is 4.29. The molecule has 1 saturated heterocycles. The summed E-state index contributed by atoms with van der Waals surface area (Å²) < 4.78 is 52.1. The van der Waals surface area contributed by atoms with E-state index in [0.717, 1.165) is 4.31 Å². The van der Waals surface area contributed by atoms with Gasteiger partial charge in [-0.05, 0) is 30.9 Å². The highest BCUT2D eigenvalue weighted by Crippen LogP contribution is 2.29. The molecule has 0 amide bonds. The number of carboxylic acids is 1. The Bertz CT molecular complexity index is 642. The number of nitrogens with zero attached hydrogens (tertiary/aromatic N) is 1. The second-order valence-electron chi connectivity index (χ2n) is 5.20. The van der Waals surface area contributed by atoms with Gasteiger partial charge in [-0.15, -0.1) is 0 Å². The predicted octanol–water partition coefficient (Wildman–Crippen LogP) is 1.84. The Morgan fingerprint density at radius 3 is 2.38 bits per heavy atom. The molecule has 0 aromatic heterocycles. The SMILES string of the molecule is CC1CCN(S(=O)(=O)c2cc(F)cc(F)c2)C(C(=O)O)C1. The van der Waals surface area contributed by atoms with E-state index in [1.54, 1.807) is 0 Å². The molecule has 0 saturated carbocycles. The number of rotatable bonds is 3. The number of hydrogen-bond acceptors (Lipinski definition) is 3. The standard InChI is InChI=1S/C13H15F2NO4S/c1-8-2-3-16(12(4-8)13(17)18)21(19,20)11-6-9(14)5-10(15)7-11/h5-8,12H,2-4H2,1H3,(H,17,18). The molecule has 1 aromatic carbocycles. The number of carboxylic acid groups (broad SMARTS) is 1. The molecule has 5 nitrogen and oxygen atoms in total. The number of carbonyl (C=O) groups is 1. The number of sulfonamides is 1. The van der Waals surface area contributed by atoms with Gasteiger partial charge in [0.1, 0.15) is 17.7 Å². The summed E-state index contributed by atoms with van der Waals surface area (Å²) in [7, 11) is -4.25. The third-order valence-corrected chi connectivity index (χ3v) is 5.43. The summed E-state index contributed by atoms with van der Waals surface area (Å²) in [6.45, 7) is 1.85. The summed E-state index contributed by atoms with van der Waals surface area (Å²) >= 11 is 0. The lowest BCUT2D eigenvalue weighted by atomic mass is 9.94. The van der Waals surface area contributed by atoms with Crippen molar-refractivity contribution in [3.05, 3.63) is 29.8 Å². The first-order chi connectivity index (χ1) is 9.71. The van der Waals surface area contributed by atoms with E-state index in [0.29, 0.717) is 24.6 Å². The molecule has 0 bridgehead atoms. The maximum absolute atomic E-state index is 13.2. The van der Waals surface area contributed by atoms with Gasteiger partial charge < -0.3 is 5.11 Å². The lowest BCUT2D eigenvalue weighted by Crippen LogP contribution is -2.49. The maximum atomic E-state index is 13.2. The molecular formula is C13H15F2NO4S. The van der Waals surface area contributed by atoms with Crippen LogP contribution in [0.15, 0.2) is 23.1 Å². The van der Waals surface area contributed by atoms with Gasteiger partial charge in [0, 0.05) is 12.6 Å². The van der Waals surface area contributed by atoms with Crippen LogP contribution in [0.5, 0.6) is 0 Å². The first-order valence-electron chi connectivity index (χ1n) is 6.42. The molecule has 1 aromatic rings. The molecule has 1 fully saturated rings. The van der Waals surface area contributed by atoms with Crippen molar-refractivity contribution in [2.75, 3.05) is 6.54 Å². The van der Waals surface area contributed by atoms with Crippen molar-refractivity contribution >= 4 is 16.0 Å². The smallest absolute Gasteiger partial charge is 0.322 e. The van der Waals surface area contributed by atoms with Gasteiger partial charge in [-0.1, -0.05) is 6.92 Å². The topological polar surface area (TPSA) is 74.7 Å². The van der Waals surface area contributed by atoms with Crippen LogP contribution in [0.2, 0.25) is 0 Å². The molecule has 0 aliphatic carbocycles. The van der Waals surface area contributed by atoms with E-state index in [1.165, 1.54) is 0 Å². The minimum Gasteiger partial charge on any atom is -0.480 e. The van der Waals surface area contributed by atoms with Crippen molar-refractivity contribution in [2.45, 2.75) is 30.7 Å². The van der Waals surface area contributed by atoms with Crippen LogP contribution in [-0.2, 0) is 14.8 Å². The van der Waals surface area contributed by atoms with E-state index >= 15 is 0 Å². The zero-order valence-corrected chi connectivity index (χ0v) is 12.1. The van der Waals surface area contributed by atoms with Gasteiger partial charge in [0.2, 0.25) is 10.0 Å². The van der Waals surface area contributed by atoms with Gasteiger partial charge in [0.15, 0.2) is 0 Å². The van der Waals surface area contributed by atoms with Gasteiger partial charge in [0.25, 0.3) is 0 Å². The number of piperidine rings is 1. The molecule has 2 atom stereocenters. The second-order valence-corrected chi connectivity index (χ2v) is 7.10. The molecule has 2 rings (SSSR count). The van der Waals surface area contributed by atoms with Crippen LogP contribution in [-0.4, -0.2) is 36.4 Å². The zero-order chi connectivity index (χ0) is 15.8. The van der Waals surface area contributed by atoms with Crippen molar-refractivity contribution in [1.82, 2.24) is 4.31 Å². The van der Waals surface area contributed by atoms with E-state index in [9.17, 15) is 27.1 Å². The number of hydrogen-bond donors (Lipinski definition) is 1. The largest absolute Gasteiger partial charge is 0.480 e. The molecule has 116 valence electrons. The maximum Gasteiger partial charge on any atom is 0.322 e. The monoisotopic (exact) mass is 319 g/mol. The summed E-state index contributed by atoms with van der Waals surface area (Å²) in [6.07, 6.45) is 0.674. The number of benzene rings is 1. The minimum absolute atomic E-state index is 0.0125. The van der Waals surface area contributed by atoms with Crippen LogP contribution in [0.25, 0.3) is 0 Å². The molecule has 8 heteroatoms. The highest BCUT2D eigenvalue weighted by atomic mass is 32.2. The van der Waals surface area contributed by atoms with Gasteiger partial charge in [0.05, 0.1) is 4.90 Å². The van der Waals surface area contributed by atoms with Crippen LogP contribution in [0.4, 0.5) is 8.78 Å². The number of halogens is 2. The van der Waals surface area contributed by atoms with Crippen LogP contribution in [0.1, 0.15) is 19.8 Å². The fraction of sp³-hybridized carbons (Fsp3) is 0.462. The van der Waals surface area contributed by atoms with Crippen LogP contribution >= 0.6 is 0 Å². The van der Waals surface area contributed by atoms with E-state index in [-0.39, 0.29) is 18.9 Å². The van der Waals surface area contributed by atoms with Crippen LogP contribution in [0.3, 0.4) is 0 Å². The zero-order valence-electron chi connectivity index (χ0n) is 11.3. The summed E-state index contributed by atoms with van der Waals surface area (Å²) in [5.74, 6) is -3.24. The van der Waals surface area contributed by atoms with E-state index in [1.807, 2.05) is 6.92 Å². The third-order valence-electron chi connectivity index (χ3n) is 3.54. The molecule has 1 N–H and O–H groups in total. The van der Waals surface area contributed by atoms with E-state index in [2.05, 4.69) is 0 Å². The average Bonchev–Trinajstić information content (AvgIpc) is 2.37. The number of aliphatic carboxylic acids is 1. The van der Waals surface area contributed by atoms with Crippen LogP contribution in [0, 0.1) is 17.6 Å². The molecule has 1 aliphatic rings. The van der Waals surface area contributed by atoms with Gasteiger partial charge >= 0.3 is 5.97 Å². The third kappa shape index (κ3) is 3.21. The lowest BCUT2D eigenvalue weighted by molar-refractivity contribution is -0.143. The molecule has 1 aliphatic heterocycles. The normalized spacial score (nSPS) is 24.0. The first-order valence-corrected chi connectivity index (χ1v) is 7.86. The quantitative estimate of drug-likeness (QED) is 0.922. The van der Waals surface area contributed by atoms with Crippen molar-refractivity contribution < 1.29 is 27.1 Å². The lowest BCUT2D eigenvalue weighted by Gasteiger charge is -2.34. The van der Waals surface area contributed by atoms with Crippen molar-refractivity contribution in [3.8, 4) is 0 Å². The van der Waals surface area contributed by atoms with Gasteiger partial charge in [-0.2, -0.15) is 4.31 Å². The molecule has 0 spiro atoms. The van der Waals surface area contributed by atoms with E-state index < -0.39 is 38.6 Å². The minimum atomic E-state index is -4.25. The summed E-state index contributed by atoms with van der Waals surface area (Å²) in [4.78, 5) is 10.7. The molecule has 1 heterocycles. The summed E-state index contributed by atoms with van der Waals surface area (Å²) in [6, 6.07) is 0.724. The van der Waals surface area contributed by atoms with Gasteiger partial charge in [-0.25, -0.2) is 17.2 Å². The Morgan fingerprint density at radius 2 is 1.86 bits per heavy atom. The highest BCUT2D eigenvalue weighted by Gasteiger charge is 2.39. The Morgan fingerprint density at radius 1 is 1.29 bits per heavy atom. The Labute approximate surface area is 121 Å². The molecule has 0 radical (unpaired) electrons. The molecule has 21 heavy (non-hydrogen) atoms. The molecular weight excluding hydrogens is 304 g/mol. The van der Waals surface area contributed by atoms with Crippen molar-refractivity contribution in [2.24, 2.45) is 5.92 Å². The predicted molar refractivity (Wildman–Crippen MR) is 70.1 cm³/mol. The average molecular weight is 319 g/mol. The van der Waals surface area contributed by atoms with Crippen LogP contribution < -0.4 is 0 Å². The first kappa shape index (κ1) is 15.8. The second kappa shape index (κ2) is 5.69. The summed E-state index contributed by atoms with van der Waals surface area (Å²) in [5.41, 5.74) is 0. The van der Waals surface area contributed by atoms with Gasteiger partial charge in [-0.3, -0.25) is 4.79 Å². The summed E-state index contributed by atoms with van der Waals surface area (Å²) in [5, 5.41) is 9.19. The fourth-order valence-electron chi connectivity index (χ4n) is 2.44. The fourth-order valence-corrected chi connectivity index (χ4v) is 4.10.